The summed E-state index contributed by atoms with van der Waals surface area (Å²) >= 11 is 0. The lowest BCUT2D eigenvalue weighted by Gasteiger charge is -2.18. The van der Waals surface area contributed by atoms with Gasteiger partial charge in [0.1, 0.15) is 13.2 Å². The van der Waals surface area contributed by atoms with Crippen LogP contribution in [0.3, 0.4) is 0 Å². The molecule has 0 unspecified atom stereocenters. The Labute approximate surface area is 413 Å². The molecule has 0 aromatic heterocycles. The van der Waals surface area contributed by atoms with Gasteiger partial charge in [-0.3, -0.25) is 14.4 Å². The SMILES string of the molecule is CC/C=C\C/C=C\C/C=C\C/C=C\C/C=C\CCCCCC(=O)OC[C@H](COC(=O)CCCCCCCCCCCCCCC)OC(=O)CCCCCC/C=C\C/C=C\C/C=C\CCCCC. The number of unbranched alkanes of at least 4 members (excludes halogenated alkanes) is 22. The molecule has 0 rings (SSSR count). The summed E-state index contributed by atoms with van der Waals surface area (Å²) in [7, 11) is 0. The van der Waals surface area contributed by atoms with Crippen molar-refractivity contribution in [1.82, 2.24) is 0 Å². The topological polar surface area (TPSA) is 78.9 Å². The summed E-state index contributed by atoms with van der Waals surface area (Å²) in [5, 5.41) is 0. The number of carbonyl (C=O) groups excluding carboxylic acids is 3. The molecule has 0 fully saturated rings. The van der Waals surface area contributed by atoms with E-state index in [1.165, 1.54) is 89.9 Å². The van der Waals surface area contributed by atoms with Crippen LogP contribution in [-0.2, 0) is 28.6 Å². The van der Waals surface area contributed by atoms with Gasteiger partial charge >= 0.3 is 17.9 Å². The van der Waals surface area contributed by atoms with Gasteiger partial charge in [0.2, 0.25) is 0 Å². The van der Waals surface area contributed by atoms with Crippen LogP contribution in [0, 0.1) is 0 Å². The average molecular weight is 931 g/mol. The molecule has 0 N–H and O–H groups in total. The van der Waals surface area contributed by atoms with Gasteiger partial charge < -0.3 is 14.2 Å². The van der Waals surface area contributed by atoms with Crippen molar-refractivity contribution >= 4 is 17.9 Å². The van der Waals surface area contributed by atoms with E-state index in [-0.39, 0.29) is 31.1 Å². The maximum Gasteiger partial charge on any atom is 0.306 e. The molecule has 0 aliphatic heterocycles. The van der Waals surface area contributed by atoms with Gasteiger partial charge in [0, 0.05) is 19.3 Å². The van der Waals surface area contributed by atoms with Crippen molar-refractivity contribution < 1.29 is 28.6 Å². The van der Waals surface area contributed by atoms with Crippen molar-refractivity contribution in [3.8, 4) is 0 Å². The molecule has 0 aromatic rings. The second-order valence-electron chi connectivity index (χ2n) is 18.1. The molecule has 0 aliphatic carbocycles. The van der Waals surface area contributed by atoms with Gasteiger partial charge in [0.25, 0.3) is 0 Å². The molecular weight excluding hydrogens is 829 g/mol. The van der Waals surface area contributed by atoms with E-state index in [1.807, 2.05) is 0 Å². The lowest BCUT2D eigenvalue weighted by molar-refractivity contribution is -0.167. The molecule has 6 nitrogen and oxygen atoms in total. The third-order valence-corrected chi connectivity index (χ3v) is 11.6. The number of hydrogen-bond acceptors (Lipinski definition) is 6. The molecule has 0 bridgehead atoms. The van der Waals surface area contributed by atoms with Gasteiger partial charge in [0.05, 0.1) is 0 Å². The lowest BCUT2D eigenvalue weighted by Crippen LogP contribution is -2.30. The molecule has 0 saturated carbocycles. The summed E-state index contributed by atoms with van der Waals surface area (Å²) in [4.78, 5) is 38.1. The first kappa shape index (κ1) is 63.3. The predicted octanol–water partition coefficient (Wildman–Crippen LogP) is 18.5. The normalized spacial score (nSPS) is 12.8. The Morgan fingerprint density at radius 1 is 0.313 bits per heavy atom. The summed E-state index contributed by atoms with van der Waals surface area (Å²) in [5.74, 6) is -0.950. The lowest BCUT2D eigenvalue weighted by atomic mass is 10.0. The highest BCUT2D eigenvalue weighted by Gasteiger charge is 2.19. The van der Waals surface area contributed by atoms with E-state index >= 15 is 0 Å². The molecule has 0 spiro atoms. The second kappa shape index (κ2) is 54.9. The summed E-state index contributed by atoms with van der Waals surface area (Å²) in [5.41, 5.74) is 0. The summed E-state index contributed by atoms with van der Waals surface area (Å²) in [6.07, 6.45) is 72.4. The summed E-state index contributed by atoms with van der Waals surface area (Å²) in [6.45, 7) is 6.45. The zero-order valence-corrected chi connectivity index (χ0v) is 43.6. The first-order valence-electron chi connectivity index (χ1n) is 27.7. The minimum Gasteiger partial charge on any atom is -0.462 e. The highest BCUT2D eigenvalue weighted by Crippen LogP contribution is 2.14. The zero-order valence-electron chi connectivity index (χ0n) is 43.6. The van der Waals surface area contributed by atoms with Gasteiger partial charge in [-0.05, 0) is 103 Å². The van der Waals surface area contributed by atoms with Crippen molar-refractivity contribution in [2.75, 3.05) is 13.2 Å². The monoisotopic (exact) mass is 931 g/mol. The van der Waals surface area contributed by atoms with Crippen LogP contribution in [0.4, 0.5) is 0 Å². The van der Waals surface area contributed by atoms with Crippen LogP contribution in [0.5, 0.6) is 0 Å². The highest BCUT2D eigenvalue weighted by molar-refractivity contribution is 5.71. The highest BCUT2D eigenvalue weighted by atomic mass is 16.6. The molecule has 0 aliphatic rings. The quantitative estimate of drug-likeness (QED) is 0.0262. The number of esters is 3. The number of ether oxygens (including phenoxy) is 3. The van der Waals surface area contributed by atoms with Crippen LogP contribution in [0.2, 0.25) is 0 Å². The third-order valence-electron chi connectivity index (χ3n) is 11.6. The van der Waals surface area contributed by atoms with E-state index in [0.29, 0.717) is 19.3 Å². The number of allylic oxidation sites excluding steroid dienone is 16. The van der Waals surface area contributed by atoms with Gasteiger partial charge in [0.15, 0.2) is 6.10 Å². The van der Waals surface area contributed by atoms with Crippen LogP contribution in [0.15, 0.2) is 97.2 Å². The van der Waals surface area contributed by atoms with Crippen molar-refractivity contribution in [3.05, 3.63) is 97.2 Å². The minimum absolute atomic E-state index is 0.0964. The Morgan fingerprint density at radius 3 is 0.955 bits per heavy atom. The number of carbonyl (C=O) groups is 3. The van der Waals surface area contributed by atoms with Crippen LogP contribution < -0.4 is 0 Å². The molecular formula is C61H102O6. The van der Waals surface area contributed by atoms with Crippen molar-refractivity contribution in [2.45, 2.75) is 258 Å². The van der Waals surface area contributed by atoms with Gasteiger partial charge in [-0.15, -0.1) is 0 Å². The zero-order chi connectivity index (χ0) is 48.6. The fourth-order valence-corrected chi connectivity index (χ4v) is 7.42. The summed E-state index contributed by atoms with van der Waals surface area (Å²) in [6, 6.07) is 0. The Kier molecular flexibility index (Phi) is 51.9. The fourth-order valence-electron chi connectivity index (χ4n) is 7.42. The van der Waals surface area contributed by atoms with E-state index < -0.39 is 6.10 Å². The van der Waals surface area contributed by atoms with Crippen LogP contribution in [-0.4, -0.2) is 37.2 Å². The van der Waals surface area contributed by atoms with E-state index in [2.05, 4.69) is 118 Å². The van der Waals surface area contributed by atoms with Crippen LogP contribution in [0.25, 0.3) is 0 Å². The number of hydrogen-bond donors (Lipinski definition) is 0. The second-order valence-corrected chi connectivity index (χ2v) is 18.1. The first-order valence-corrected chi connectivity index (χ1v) is 27.7. The molecule has 0 radical (unpaired) electrons. The maximum atomic E-state index is 12.8. The largest absolute Gasteiger partial charge is 0.462 e. The minimum atomic E-state index is -0.802. The standard InChI is InChI=1S/C61H102O6/c1-4-7-10-13-16-19-22-25-27-29-30-32-33-36-39-42-45-48-51-54-60(63)66-57-58(56-65-59(62)53-50-47-44-41-38-35-24-21-18-15-12-9-6-3)67-61(64)55-52-49-46-43-40-37-34-31-28-26-23-20-17-14-11-8-5-2/h7,10,16-17,19-20,25-28,30,32,34,36-37,39,58H,4-6,8-9,11-15,18,21-24,29,31,33,35,38,40-57H2,1-3H3/b10-7-,19-16-,20-17-,27-25-,28-26-,32-30-,37-34-,39-36-/t58-/m0/s1. The summed E-state index contributed by atoms with van der Waals surface area (Å²) < 4.78 is 16.8. The van der Waals surface area contributed by atoms with Crippen LogP contribution >= 0.6 is 0 Å². The van der Waals surface area contributed by atoms with Gasteiger partial charge in [-0.25, -0.2) is 0 Å². The molecule has 1 atom stereocenters. The van der Waals surface area contributed by atoms with E-state index in [0.717, 1.165) is 122 Å². The van der Waals surface area contributed by atoms with Crippen LogP contribution in [0.1, 0.15) is 252 Å². The molecule has 0 heterocycles. The number of rotatable bonds is 49. The first-order chi connectivity index (χ1) is 33.0. The fraction of sp³-hybridized carbons (Fsp3) is 0.689. The molecule has 0 saturated heterocycles. The van der Waals surface area contributed by atoms with Crippen molar-refractivity contribution in [1.29, 1.82) is 0 Å². The Bertz CT molecular complexity index is 1350. The Balaban J connectivity index is 4.49. The van der Waals surface area contributed by atoms with E-state index in [4.69, 9.17) is 14.2 Å². The Hall–Kier alpha value is -3.67. The van der Waals surface area contributed by atoms with Crippen molar-refractivity contribution in [2.24, 2.45) is 0 Å². The molecule has 0 aromatic carbocycles. The molecule has 382 valence electrons. The Morgan fingerprint density at radius 2 is 0.582 bits per heavy atom. The molecule has 6 heteroatoms. The maximum absolute atomic E-state index is 12.8. The van der Waals surface area contributed by atoms with Crippen molar-refractivity contribution in [3.63, 3.8) is 0 Å². The average Bonchev–Trinajstić information content (AvgIpc) is 3.33. The van der Waals surface area contributed by atoms with Gasteiger partial charge in [-0.2, -0.15) is 0 Å². The molecule has 0 amide bonds. The predicted molar refractivity (Wildman–Crippen MR) is 288 cm³/mol. The molecule has 67 heavy (non-hydrogen) atoms. The van der Waals surface area contributed by atoms with Gasteiger partial charge in [-0.1, -0.05) is 227 Å². The van der Waals surface area contributed by atoms with E-state index in [9.17, 15) is 14.4 Å². The third kappa shape index (κ3) is 53.2. The van der Waals surface area contributed by atoms with E-state index in [1.54, 1.807) is 0 Å². The smallest absolute Gasteiger partial charge is 0.306 e.